The van der Waals surface area contributed by atoms with Crippen molar-refractivity contribution in [2.24, 2.45) is 7.05 Å². The lowest BCUT2D eigenvalue weighted by molar-refractivity contribution is -0.633. The number of fused-ring (bicyclic) bond motifs is 1. The quantitative estimate of drug-likeness (QED) is 0.163. The van der Waals surface area contributed by atoms with Crippen LogP contribution in [0.4, 0.5) is 13.2 Å². The van der Waals surface area contributed by atoms with Crippen molar-refractivity contribution in [1.29, 1.82) is 0 Å². The molecule has 0 radical (unpaired) electrons. The molecule has 0 unspecified atom stereocenters. The summed E-state index contributed by atoms with van der Waals surface area (Å²) in [7, 11) is 2.10. The van der Waals surface area contributed by atoms with Crippen molar-refractivity contribution in [3.8, 4) is 56.2 Å². The van der Waals surface area contributed by atoms with Gasteiger partial charge < -0.3 is 5.11 Å². The zero-order valence-corrected chi connectivity index (χ0v) is 31.6. The Balaban J connectivity index is 1.41. The van der Waals surface area contributed by atoms with Crippen LogP contribution in [0.2, 0.25) is 0 Å². The Hall–Kier alpha value is -5.62. The topological polar surface area (TPSA) is 29.0 Å². The number of nitrogens with zero attached hydrogens (tertiary/aromatic N) is 2. The number of alkyl halides is 3. The fourth-order valence-electron chi connectivity index (χ4n) is 7.92. The number of imidazole rings is 1. The summed E-state index contributed by atoms with van der Waals surface area (Å²) in [6, 6.07) is 33.7. The molecule has 6 heteroatoms. The molecule has 274 valence electrons. The number of aromatic hydroxyl groups is 1. The monoisotopic (exact) mass is 726 g/mol. The maximum atomic E-state index is 14.1. The summed E-state index contributed by atoms with van der Waals surface area (Å²) < 4.78 is 71.4. The third-order valence-corrected chi connectivity index (χ3v) is 10.6. The van der Waals surface area contributed by atoms with Gasteiger partial charge in [0.05, 0.1) is 18.2 Å². The van der Waals surface area contributed by atoms with E-state index in [1.165, 1.54) is 47.1 Å². The van der Waals surface area contributed by atoms with Gasteiger partial charge in [0.1, 0.15) is 11.4 Å². The van der Waals surface area contributed by atoms with Crippen molar-refractivity contribution < 1.29 is 27.0 Å². The molecule has 54 heavy (non-hydrogen) atoms. The van der Waals surface area contributed by atoms with Gasteiger partial charge >= 0.3 is 6.18 Å². The summed E-state index contributed by atoms with van der Waals surface area (Å²) in [5, 5.41) is 11.7. The second-order valence-electron chi connectivity index (χ2n) is 14.8. The van der Waals surface area contributed by atoms with E-state index in [0.717, 1.165) is 45.2 Å². The molecule has 3 nitrogen and oxygen atoms in total. The van der Waals surface area contributed by atoms with E-state index >= 15 is 0 Å². The van der Waals surface area contributed by atoms with Crippen molar-refractivity contribution >= 4 is 11.0 Å². The second-order valence-corrected chi connectivity index (χ2v) is 14.8. The minimum atomic E-state index is -4.69. The normalized spacial score (nSPS) is 13.1. The molecule has 0 amide bonds. The summed E-state index contributed by atoms with van der Waals surface area (Å²) >= 11 is 0. The molecule has 1 N–H and O–H groups in total. The molecule has 6 aromatic carbocycles. The highest BCUT2D eigenvalue weighted by atomic mass is 19.4. The molecule has 0 fully saturated rings. The highest BCUT2D eigenvalue weighted by Gasteiger charge is 2.34. The first-order valence-corrected chi connectivity index (χ1v) is 18.3. The number of hydrogen-bond acceptors (Lipinski definition) is 1. The number of phenols is 1. The molecule has 0 aliphatic heterocycles. The zero-order valence-electron chi connectivity index (χ0n) is 34.6. The summed E-state index contributed by atoms with van der Waals surface area (Å²) in [5.41, 5.74) is 9.99. The molecule has 0 bridgehead atoms. The number of benzene rings is 6. The Morgan fingerprint density at radius 3 is 1.94 bits per heavy atom. The fraction of sp³-hybridized carbons (Fsp3) is 0.229. The number of rotatable bonds is 7. The van der Waals surface area contributed by atoms with E-state index in [4.69, 9.17) is 4.11 Å². The van der Waals surface area contributed by atoms with Crippen LogP contribution >= 0.6 is 0 Å². The van der Waals surface area contributed by atoms with Crippen LogP contribution in [-0.4, -0.2) is 9.67 Å². The minimum absolute atomic E-state index is 0.0142. The molecule has 7 aromatic rings. The first kappa shape index (κ1) is 33.0. The third kappa shape index (κ3) is 6.27. The Kier molecular flexibility index (Phi) is 8.54. The molecule has 0 spiro atoms. The Morgan fingerprint density at radius 2 is 1.28 bits per heavy atom. The van der Waals surface area contributed by atoms with Crippen molar-refractivity contribution in [3.63, 3.8) is 0 Å². The van der Waals surface area contributed by atoms with Crippen LogP contribution in [0.3, 0.4) is 0 Å². The highest BCUT2D eigenvalue weighted by molar-refractivity contribution is 5.87. The van der Waals surface area contributed by atoms with Crippen molar-refractivity contribution in [2.45, 2.75) is 66.4 Å². The van der Waals surface area contributed by atoms with Gasteiger partial charge in [0.15, 0.2) is 11.0 Å². The van der Waals surface area contributed by atoms with Gasteiger partial charge in [0, 0.05) is 20.8 Å². The number of hydrogen-bond donors (Lipinski definition) is 1. The molecule has 0 saturated heterocycles. The Morgan fingerprint density at radius 1 is 0.667 bits per heavy atom. The van der Waals surface area contributed by atoms with Gasteiger partial charge in [-0.25, -0.2) is 4.57 Å². The minimum Gasteiger partial charge on any atom is -0.507 e. The van der Waals surface area contributed by atoms with Crippen LogP contribution < -0.4 is 4.57 Å². The van der Waals surface area contributed by atoms with E-state index in [-0.39, 0.29) is 34.3 Å². The standard InChI is InChI=1S/C48H45F3N2O/c1-28(2)35-15-13-16-36(29(3)4)46(35)53-43-19-12-11-18-42(43)52(8)47(53)45-31(6)21-24-37(32(45)7)39-25-23-34(27-44(39)54)33-22-20-30(5)40(26-33)38-14-9-10-17-41(38)48(49,50)51/h9-29H,1-8H3/p+1/i5D3. The van der Waals surface area contributed by atoms with E-state index < -0.39 is 18.6 Å². The largest absolute Gasteiger partial charge is 0.507 e. The average molecular weight is 727 g/mol. The number of aromatic nitrogens is 2. The molecule has 7 rings (SSSR count). The molecular formula is C48H46F3N2O+. The zero-order chi connectivity index (χ0) is 41.1. The van der Waals surface area contributed by atoms with Crippen LogP contribution in [0.1, 0.15) is 77.0 Å². The molecule has 0 aliphatic carbocycles. The van der Waals surface area contributed by atoms with Gasteiger partial charge in [-0.2, -0.15) is 17.7 Å². The van der Waals surface area contributed by atoms with E-state index in [1.54, 1.807) is 12.1 Å². The van der Waals surface area contributed by atoms with Gasteiger partial charge in [-0.05, 0) is 107 Å². The van der Waals surface area contributed by atoms with Crippen molar-refractivity contribution in [2.75, 3.05) is 0 Å². The lowest BCUT2D eigenvalue weighted by atomic mass is 9.89. The summed E-state index contributed by atoms with van der Waals surface area (Å²) in [6.07, 6.45) is -4.69. The van der Waals surface area contributed by atoms with Crippen LogP contribution in [0.15, 0.2) is 115 Å². The van der Waals surface area contributed by atoms with E-state index in [1.807, 2.05) is 18.2 Å². The molecule has 1 heterocycles. The van der Waals surface area contributed by atoms with Crippen molar-refractivity contribution in [3.05, 3.63) is 149 Å². The molecule has 0 saturated carbocycles. The first-order valence-electron chi connectivity index (χ1n) is 19.8. The predicted octanol–water partition coefficient (Wildman–Crippen LogP) is 13.0. The smallest absolute Gasteiger partial charge is 0.417 e. The van der Waals surface area contributed by atoms with Gasteiger partial charge in [0.2, 0.25) is 0 Å². The number of para-hydroxylation sites is 3. The Bertz CT molecular complexity index is 2640. The maximum absolute atomic E-state index is 14.1. The van der Waals surface area contributed by atoms with Gasteiger partial charge in [0.25, 0.3) is 5.82 Å². The molecule has 0 aliphatic rings. The van der Waals surface area contributed by atoms with Crippen molar-refractivity contribution in [1.82, 2.24) is 4.57 Å². The number of phenolic OH excluding ortho intramolecular Hbond substituents is 1. The van der Waals surface area contributed by atoms with E-state index in [9.17, 15) is 18.3 Å². The van der Waals surface area contributed by atoms with Crippen LogP contribution in [-0.2, 0) is 13.2 Å². The number of aryl methyl sites for hydroxylation is 3. The van der Waals surface area contributed by atoms with E-state index in [2.05, 4.69) is 106 Å². The summed E-state index contributed by atoms with van der Waals surface area (Å²) in [4.78, 5) is 0. The molecule has 0 atom stereocenters. The molecule has 1 aromatic heterocycles. The summed E-state index contributed by atoms with van der Waals surface area (Å²) in [5.74, 6) is 1.53. The third-order valence-electron chi connectivity index (χ3n) is 10.6. The fourth-order valence-corrected chi connectivity index (χ4v) is 7.92. The average Bonchev–Trinajstić information content (AvgIpc) is 3.44. The summed E-state index contributed by atoms with van der Waals surface area (Å²) in [6.45, 7) is 10.4. The highest BCUT2D eigenvalue weighted by Crippen LogP contribution is 2.44. The first-order chi connectivity index (χ1) is 26.9. The predicted molar refractivity (Wildman–Crippen MR) is 215 cm³/mol. The van der Waals surface area contributed by atoms with Crippen LogP contribution in [0, 0.1) is 20.7 Å². The SMILES string of the molecule is [2H]C([2H])([2H])c1ccc(-c2ccc(-c3ccc(C)c(-c4n(-c5c(C(C)C)cccc5C(C)C)c5ccccc5[n+]4C)c3C)c(O)c2)cc1-c1ccccc1C(F)(F)F. The van der Waals surface area contributed by atoms with Crippen LogP contribution in [0.25, 0.3) is 61.5 Å². The maximum Gasteiger partial charge on any atom is 0.417 e. The van der Waals surface area contributed by atoms with Gasteiger partial charge in [-0.1, -0.05) is 113 Å². The lowest BCUT2D eigenvalue weighted by Gasteiger charge is -2.20. The lowest BCUT2D eigenvalue weighted by Crippen LogP contribution is -2.31. The molecular weight excluding hydrogens is 678 g/mol. The van der Waals surface area contributed by atoms with Gasteiger partial charge in [-0.3, -0.25) is 0 Å². The number of halogens is 3. The second kappa shape index (κ2) is 14.0. The van der Waals surface area contributed by atoms with Crippen LogP contribution in [0.5, 0.6) is 5.75 Å². The van der Waals surface area contributed by atoms with E-state index in [0.29, 0.717) is 16.7 Å². The van der Waals surface area contributed by atoms with Gasteiger partial charge in [-0.15, -0.1) is 0 Å². The Labute approximate surface area is 320 Å².